The Bertz CT molecular complexity index is 2170. The standard InChI is InChI=1S/2C27H35.C2H5.2ClH.Zr/c2*1-10-19-12-23-18(3)17(2)11-24(25(23)13-19)20-14-21(26(4,5)6)16-22(15-20)27(7,8)9;1-2;;;/h2*11-16H,10H2,1-9H3;1H2,2H3;2*1H;/q;;;;;+2/p-2. The Morgan fingerprint density at radius 1 is 0.458 bits per heavy atom. The molecule has 0 nitrogen and oxygen atoms in total. The number of halogens is 2. The van der Waals surface area contributed by atoms with Gasteiger partial charge in [0.2, 0.25) is 0 Å². The van der Waals surface area contributed by atoms with Gasteiger partial charge in [-0.05, 0) is 0 Å². The van der Waals surface area contributed by atoms with Crippen molar-refractivity contribution in [3.63, 3.8) is 0 Å². The van der Waals surface area contributed by atoms with Crippen molar-refractivity contribution in [2.24, 2.45) is 0 Å². The summed E-state index contributed by atoms with van der Waals surface area (Å²) in [4.78, 5) is 0. The average Bonchev–Trinajstić information content (AvgIpc) is 3.74. The first-order chi connectivity index (χ1) is 27.0. The van der Waals surface area contributed by atoms with Gasteiger partial charge >= 0.3 is 372 Å². The first-order valence-electron chi connectivity index (χ1n) is 22.6. The SMILES string of the molecule is CCC1=Cc2c(-c3cc(C(C)(C)C)cc(C(C)(C)C)c3)cc(C)c(C)c2[CH]1[Zr]([Cl])([Cl])([CH2]C)[CH]1C(CC)=Cc2c(-c3cc(C(C)(C)C)cc(C(C)(C)C)c3)cc(C)c(C)c21. The van der Waals surface area contributed by atoms with E-state index in [0.717, 1.165) is 17.0 Å². The molecule has 2 unspecified atom stereocenters. The van der Waals surface area contributed by atoms with Crippen molar-refractivity contribution >= 4 is 29.2 Å². The molecule has 0 spiro atoms. The molecule has 0 aromatic heterocycles. The molecular formula is C56H75Cl2Zr. The van der Waals surface area contributed by atoms with Gasteiger partial charge in [-0.3, -0.25) is 0 Å². The molecule has 59 heavy (non-hydrogen) atoms. The second-order valence-electron chi connectivity index (χ2n) is 22.7. The molecule has 0 amide bonds. The van der Waals surface area contributed by atoms with Gasteiger partial charge in [-0.25, -0.2) is 0 Å². The van der Waals surface area contributed by atoms with Gasteiger partial charge in [0.1, 0.15) is 0 Å². The molecule has 317 valence electrons. The van der Waals surface area contributed by atoms with E-state index in [1.165, 1.54) is 100 Å². The van der Waals surface area contributed by atoms with Crippen molar-refractivity contribution in [3.8, 4) is 22.3 Å². The number of hydrogen-bond donors (Lipinski definition) is 0. The molecule has 0 N–H and O–H groups in total. The van der Waals surface area contributed by atoms with Crippen LogP contribution in [0.3, 0.4) is 0 Å². The molecule has 0 bridgehead atoms. The first kappa shape index (κ1) is 46.3. The summed E-state index contributed by atoms with van der Waals surface area (Å²) >= 11 is -5.08. The van der Waals surface area contributed by atoms with Crippen molar-refractivity contribution in [2.75, 3.05) is 0 Å². The third kappa shape index (κ3) is 8.04. The van der Waals surface area contributed by atoms with Crippen LogP contribution in [0.2, 0.25) is 4.13 Å². The maximum absolute atomic E-state index is 8.87. The van der Waals surface area contributed by atoms with Crippen molar-refractivity contribution in [2.45, 2.75) is 177 Å². The van der Waals surface area contributed by atoms with E-state index in [1.54, 1.807) is 0 Å². The summed E-state index contributed by atoms with van der Waals surface area (Å²) in [6, 6.07) is 19.6. The topological polar surface area (TPSA) is 0 Å². The van der Waals surface area contributed by atoms with Crippen LogP contribution in [0, 0.1) is 27.7 Å². The molecule has 2 aliphatic carbocycles. The minimum absolute atomic E-state index is 0.0160. The van der Waals surface area contributed by atoms with Gasteiger partial charge in [0.05, 0.1) is 0 Å². The number of fused-ring (bicyclic) bond motifs is 2. The Morgan fingerprint density at radius 2 is 0.746 bits per heavy atom. The van der Waals surface area contributed by atoms with Gasteiger partial charge in [-0.2, -0.15) is 0 Å². The second kappa shape index (κ2) is 15.3. The Labute approximate surface area is 368 Å². The molecule has 0 aliphatic heterocycles. The molecule has 2 atom stereocenters. The molecule has 3 heteroatoms. The average molecular weight is 910 g/mol. The van der Waals surface area contributed by atoms with Gasteiger partial charge in [-0.1, -0.05) is 0 Å². The van der Waals surface area contributed by atoms with Gasteiger partial charge in [0.25, 0.3) is 0 Å². The van der Waals surface area contributed by atoms with E-state index in [-0.39, 0.29) is 28.9 Å². The predicted octanol–water partition coefficient (Wildman–Crippen LogP) is 18.3. The van der Waals surface area contributed by atoms with E-state index in [0.29, 0.717) is 0 Å². The molecule has 0 fully saturated rings. The van der Waals surface area contributed by atoms with E-state index in [2.05, 4.69) is 192 Å². The van der Waals surface area contributed by atoms with Crippen LogP contribution in [0.1, 0.15) is 191 Å². The Kier molecular flexibility index (Phi) is 12.0. The molecule has 4 aromatic carbocycles. The van der Waals surface area contributed by atoms with Crippen molar-refractivity contribution in [3.05, 3.63) is 126 Å². The quantitative estimate of drug-likeness (QED) is 0.173. The molecule has 0 radical (unpaired) electrons. The van der Waals surface area contributed by atoms with E-state index < -0.39 is 16.4 Å². The summed E-state index contributed by atoms with van der Waals surface area (Å²) < 4.78 is 0.838. The minimum atomic E-state index is -5.08. The zero-order valence-electron chi connectivity index (χ0n) is 40.3. The summed E-state index contributed by atoms with van der Waals surface area (Å²) in [5.41, 5.74) is 24.4. The van der Waals surface area contributed by atoms with Crippen LogP contribution in [0.25, 0.3) is 34.4 Å². The molecule has 0 heterocycles. The Morgan fingerprint density at radius 3 is 0.983 bits per heavy atom. The Hall–Kier alpha value is -2.18. The summed E-state index contributed by atoms with van der Waals surface area (Å²) in [5.74, 6) is 0. The number of benzene rings is 4. The molecule has 0 saturated heterocycles. The molecular weight excluding hydrogens is 835 g/mol. The fourth-order valence-electron chi connectivity index (χ4n) is 10.2. The Balaban J connectivity index is 1.66. The van der Waals surface area contributed by atoms with Gasteiger partial charge in [0, 0.05) is 0 Å². The van der Waals surface area contributed by atoms with Crippen molar-refractivity contribution in [1.29, 1.82) is 0 Å². The van der Waals surface area contributed by atoms with E-state index in [1.807, 2.05) is 0 Å². The zero-order chi connectivity index (χ0) is 44.2. The van der Waals surface area contributed by atoms with Gasteiger partial charge in [0.15, 0.2) is 0 Å². The summed E-state index contributed by atoms with van der Waals surface area (Å²) in [7, 11) is 17.7. The fraction of sp³-hybridized carbons (Fsp3) is 0.500. The van der Waals surface area contributed by atoms with Crippen molar-refractivity contribution < 1.29 is 16.4 Å². The van der Waals surface area contributed by atoms with Crippen LogP contribution in [-0.2, 0) is 38.1 Å². The van der Waals surface area contributed by atoms with Gasteiger partial charge in [-0.15, -0.1) is 0 Å². The molecule has 0 saturated carbocycles. The fourth-order valence-corrected chi connectivity index (χ4v) is 28.8. The van der Waals surface area contributed by atoms with Crippen molar-refractivity contribution in [1.82, 2.24) is 0 Å². The molecule has 6 rings (SSSR count). The summed E-state index contributed by atoms with van der Waals surface area (Å²) in [5, 5.41) is 0. The van der Waals surface area contributed by atoms with Crippen LogP contribution < -0.4 is 0 Å². The van der Waals surface area contributed by atoms with E-state index in [4.69, 9.17) is 17.0 Å². The third-order valence-electron chi connectivity index (χ3n) is 14.5. The van der Waals surface area contributed by atoms with Crippen LogP contribution in [0.5, 0.6) is 0 Å². The maximum atomic E-state index is 8.87. The number of hydrogen-bond acceptors (Lipinski definition) is 0. The second-order valence-corrected chi connectivity index (χ2v) is 45.6. The molecule has 2 aliphatic rings. The third-order valence-corrected chi connectivity index (χ3v) is 35.2. The van der Waals surface area contributed by atoms with Crippen LogP contribution >= 0.6 is 17.0 Å². The van der Waals surface area contributed by atoms with Crippen LogP contribution in [0.15, 0.2) is 59.7 Å². The predicted molar refractivity (Wildman–Crippen MR) is 262 cm³/mol. The van der Waals surface area contributed by atoms with E-state index in [9.17, 15) is 0 Å². The normalized spacial score (nSPS) is 18.0. The summed E-state index contributed by atoms with van der Waals surface area (Å²) in [6.45, 7) is 44.3. The van der Waals surface area contributed by atoms with Crippen LogP contribution in [0.4, 0.5) is 0 Å². The monoisotopic (exact) mass is 907 g/mol. The number of aryl methyl sites for hydroxylation is 2. The first-order valence-corrected chi connectivity index (χ1v) is 33.5. The number of rotatable bonds is 7. The zero-order valence-corrected chi connectivity index (χ0v) is 44.3. The van der Waals surface area contributed by atoms with Crippen LogP contribution in [-0.4, -0.2) is 0 Å². The summed E-state index contributed by atoms with van der Waals surface area (Å²) in [6.07, 6.45) is 6.91. The van der Waals surface area contributed by atoms with E-state index >= 15 is 0 Å². The number of allylic oxidation sites excluding steroid dienone is 2. The molecule has 4 aromatic rings. The van der Waals surface area contributed by atoms with Gasteiger partial charge < -0.3 is 0 Å².